The van der Waals surface area contributed by atoms with Crippen molar-refractivity contribution >= 4 is 11.8 Å². The summed E-state index contributed by atoms with van der Waals surface area (Å²) in [4.78, 5) is 22.6. The molecule has 3 nitrogen and oxygen atoms in total. The van der Waals surface area contributed by atoms with Gasteiger partial charge in [0.1, 0.15) is 5.78 Å². The Morgan fingerprint density at radius 1 is 1.36 bits per heavy atom. The first-order valence-electron chi connectivity index (χ1n) is 5.30. The smallest absolute Gasteiger partial charge is 0.308 e. The van der Waals surface area contributed by atoms with E-state index in [1.54, 1.807) is 0 Å². The van der Waals surface area contributed by atoms with Gasteiger partial charge in [-0.3, -0.25) is 9.59 Å². The minimum atomic E-state index is -0.0909. The third-order valence-electron chi connectivity index (χ3n) is 3.66. The fourth-order valence-electron chi connectivity index (χ4n) is 2.92. The van der Waals surface area contributed by atoms with Crippen LogP contribution in [0.3, 0.4) is 0 Å². The zero-order valence-electron chi connectivity index (χ0n) is 8.49. The summed E-state index contributed by atoms with van der Waals surface area (Å²) in [6, 6.07) is 0. The van der Waals surface area contributed by atoms with Crippen molar-refractivity contribution in [1.29, 1.82) is 0 Å². The lowest BCUT2D eigenvalue weighted by atomic mass is 9.81. The van der Waals surface area contributed by atoms with Crippen molar-refractivity contribution in [2.75, 3.05) is 7.11 Å². The molecule has 0 aromatic rings. The van der Waals surface area contributed by atoms with Gasteiger partial charge in [0.2, 0.25) is 0 Å². The standard InChI is InChI=1S/C11H16O3/c1-14-11(13)9-4-7-2-3-10(12)6-8(7)5-9/h7-9H,2-6H2,1H3. The topological polar surface area (TPSA) is 43.4 Å². The number of hydrogen-bond donors (Lipinski definition) is 0. The summed E-state index contributed by atoms with van der Waals surface area (Å²) in [6.45, 7) is 0. The molecule has 3 unspecified atom stereocenters. The second kappa shape index (κ2) is 3.71. The van der Waals surface area contributed by atoms with Crippen LogP contribution in [0.15, 0.2) is 0 Å². The first-order chi connectivity index (χ1) is 6.70. The SMILES string of the molecule is COC(=O)C1CC2CCC(=O)CC2C1. The number of hydrogen-bond acceptors (Lipinski definition) is 3. The highest BCUT2D eigenvalue weighted by Gasteiger charge is 2.41. The minimum Gasteiger partial charge on any atom is -0.469 e. The number of fused-ring (bicyclic) bond motifs is 1. The molecule has 3 atom stereocenters. The largest absolute Gasteiger partial charge is 0.469 e. The molecule has 0 saturated heterocycles. The molecule has 2 saturated carbocycles. The molecule has 78 valence electrons. The quantitative estimate of drug-likeness (QED) is 0.598. The summed E-state index contributed by atoms with van der Waals surface area (Å²) in [5.74, 6) is 1.39. The summed E-state index contributed by atoms with van der Waals surface area (Å²) >= 11 is 0. The van der Waals surface area contributed by atoms with E-state index >= 15 is 0 Å². The van der Waals surface area contributed by atoms with Crippen LogP contribution >= 0.6 is 0 Å². The zero-order chi connectivity index (χ0) is 10.1. The van der Waals surface area contributed by atoms with Crippen LogP contribution < -0.4 is 0 Å². The van der Waals surface area contributed by atoms with E-state index in [0.29, 0.717) is 24.0 Å². The molecule has 2 fully saturated rings. The minimum absolute atomic E-state index is 0.0564. The van der Waals surface area contributed by atoms with E-state index in [4.69, 9.17) is 4.74 Å². The van der Waals surface area contributed by atoms with Crippen LogP contribution in [0.2, 0.25) is 0 Å². The molecule has 2 aliphatic carbocycles. The van der Waals surface area contributed by atoms with Crippen LogP contribution in [0.1, 0.15) is 32.1 Å². The van der Waals surface area contributed by atoms with Gasteiger partial charge in [0, 0.05) is 12.8 Å². The van der Waals surface area contributed by atoms with E-state index in [-0.39, 0.29) is 11.9 Å². The van der Waals surface area contributed by atoms with E-state index in [9.17, 15) is 9.59 Å². The van der Waals surface area contributed by atoms with Crippen LogP contribution in [0, 0.1) is 17.8 Å². The van der Waals surface area contributed by atoms with Crippen molar-refractivity contribution in [2.24, 2.45) is 17.8 Å². The Labute approximate surface area is 83.8 Å². The monoisotopic (exact) mass is 196 g/mol. The molecule has 0 amide bonds. The summed E-state index contributed by atoms with van der Waals surface area (Å²) in [7, 11) is 1.44. The second-order valence-corrected chi connectivity index (χ2v) is 4.49. The highest BCUT2D eigenvalue weighted by Crippen LogP contribution is 2.44. The lowest BCUT2D eigenvalue weighted by Gasteiger charge is -2.23. The second-order valence-electron chi connectivity index (χ2n) is 4.49. The van der Waals surface area contributed by atoms with Crippen LogP contribution in [-0.2, 0) is 14.3 Å². The highest BCUT2D eigenvalue weighted by molar-refractivity contribution is 5.80. The summed E-state index contributed by atoms with van der Waals surface area (Å²) < 4.78 is 4.74. The Kier molecular flexibility index (Phi) is 2.57. The number of Topliss-reactive ketones (excluding diaryl/α,β-unsaturated/α-hetero) is 1. The van der Waals surface area contributed by atoms with Crippen molar-refractivity contribution in [3.05, 3.63) is 0 Å². The van der Waals surface area contributed by atoms with Crippen LogP contribution in [0.4, 0.5) is 0 Å². The molecule has 0 aliphatic heterocycles. The molecule has 0 aromatic heterocycles. The molecule has 2 aliphatic rings. The van der Waals surface area contributed by atoms with Gasteiger partial charge in [-0.1, -0.05) is 0 Å². The van der Waals surface area contributed by atoms with Crippen LogP contribution in [0.25, 0.3) is 0 Å². The summed E-state index contributed by atoms with van der Waals surface area (Å²) in [5, 5.41) is 0. The van der Waals surface area contributed by atoms with Gasteiger partial charge >= 0.3 is 5.97 Å². The Morgan fingerprint density at radius 2 is 2.07 bits per heavy atom. The van der Waals surface area contributed by atoms with Gasteiger partial charge in [0.25, 0.3) is 0 Å². The number of ether oxygens (including phenoxy) is 1. The third kappa shape index (κ3) is 1.68. The predicted molar refractivity (Wildman–Crippen MR) is 50.6 cm³/mol. The molecule has 14 heavy (non-hydrogen) atoms. The molecule has 0 radical (unpaired) electrons. The number of rotatable bonds is 1. The highest BCUT2D eigenvalue weighted by atomic mass is 16.5. The Balaban J connectivity index is 1.98. The lowest BCUT2D eigenvalue weighted by molar-refractivity contribution is -0.145. The maximum absolute atomic E-state index is 11.3. The van der Waals surface area contributed by atoms with Crippen molar-refractivity contribution in [3.8, 4) is 0 Å². The Hall–Kier alpha value is -0.860. The van der Waals surface area contributed by atoms with E-state index in [2.05, 4.69) is 0 Å². The van der Waals surface area contributed by atoms with Gasteiger partial charge in [0.15, 0.2) is 0 Å². The van der Waals surface area contributed by atoms with Crippen molar-refractivity contribution in [2.45, 2.75) is 32.1 Å². The Bertz CT molecular complexity index is 259. The average Bonchev–Trinajstić information content (AvgIpc) is 2.59. The van der Waals surface area contributed by atoms with Crippen molar-refractivity contribution in [3.63, 3.8) is 0 Å². The molecular formula is C11H16O3. The molecule has 0 bridgehead atoms. The van der Waals surface area contributed by atoms with Gasteiger partial charge in [-0.15, -0.1) is 0 Å². The fourth-order valence-corrected chi connectivity index (χ4v) is 2.92. The van der Waals surface area contributed by atoms with Crippen molar-refractivity contribution < 1.29 is 14.3 Å². The van der Waals surface area contributed by atoms with Gasteiger partial charge in [0.05, 0.1) is 13.0 Å². The van der Waals surface area contributed by atoms with Crippen LogP contribution in [-0.4, -0.2) is 18.9 Å². The van der Waals surface area contributed by atoms with Gasteiger partial charge < -0.3 is 4.74 Å². The first-order valence-corrected chi connectivity index (χ1v) is 5.30. The first kappa shape index (κ1) is 9.69. The molecule has 0 heterocycles. The van der Waals surface area contributed by atoms with E-state index in [1.165, 1.54) is 7.11 Å². The number of methoxy groups -OCH3 is 1. The van der Waals surface area contributed by atoms with E-state index < -0.39 is 0 Å². The molecule has 2 rings (SSSR count). The summed E-state index contributed by atoms with van der Waals surface area (Å²) in [5.41, 5.74) is 0. The average molecular weight is 196 g/mol. The molecular weight excluding hydrogens is 180 g/mol. The fraction of sp³-hybridized carbons (Fsp3) is 0.818. The molecule has 0 N–H and O–H groups in total. The van der Waals surface area contributed by atoms with Gasteiger partial charge in [-0.25, -0.2) is 0 Å². The molecule has 3 heteroatoms. The maximum Gasteiger partial charge on any atom is 0.308 e. The number of carbonyl (C=O) groups excluding carboxylic acids is 2. The Morgan fingerprint density at radius 3 is 2.79 bits per heavy atom. The molecule has 0 aromatic carbocycles. The predicted octanol–water partition coefficient (Wildman–Crippen LogP) is 1.55. The van der Waals surface area contributed by atoms with Crippen LogP contribution in [0.5, 0.6) is 0 Å². The lowest BCUT2D eigenvalue weighted by Crippen LogP contribution is -2.20. The number of carbonyl (C=O) groups is 2. The normalized spacial score (nSPS) is 36.6. The maximum atomic E-state index is 11.3. The van der Waals surface area contributed by atoms with Gasteiger partial charge in [-0.05, 0) is 31.1 Å². The van der Waals surface area contributed by atoms with E-state index in [1.807, 2.05) is 0 Å². The number of esters is 1. The van der Waals surface area contributed by atoms with Crippen molar-refractivity contribution in [1.82, 2.24) is 0 Å². The zero-order valence-corrected chi connectivity index (χ0v) is 8.49. The summed E-state index contributed by atoms with van der Waals surface area (Å²) in [6.07, 6.45) is 4.19. The number of ketones is 1. The molecule has 0 spiro atoms. The van der Waals surface area contributed by atoms with Gasteiger partial charge in [-0.2, -0.15) is 0 Å². The van der Waals surface area contributed by atoms with E-state index in [0.717, 1.165) is 25.7 Å². The third-order valence-corrected chi connectivity index (χ3v) is 3.66.